The quantitative estimate of drug-likeness (QED) is 0.437. The molecule has 0 spiro atoms. The van der Waals surface area contributed by atoms with Crippen LogP contribution in [0.3, 0.4) is 0 Å². The molecule has 3 atom stereocenters. The zero-order chi connectivity index (χ0) is 23.4. The number of fused-ring (bicyclic) bond motifs is 4. The largest absolute Gasteiger partial charge is 0.381 e. The summed E-state index contributed by atoms with van der Waals surface area (Å²) in [5, 5.41) is 9.69. The standard InChI is InChI=1S/C25H24F3N5O/c1-14(18-3-2-4-20(22(18)26)23(27)28)30-24-21-9-17(32-10-15-12-34-13-16(15)11-32)5-6-19(21)25-29-7-8-33(25)31-24/h2-9,14-16,23H,10-13H2,1H3,(H,30,31). The van der Waals surface area contributed by atoms with E-state index in [1.165, 1.54) is 12.1 Å². The number of nitrogens with zero attached hydrogens (tertiary/aromatic N) is 4. The van der Waals surface area contributed by atoms with Gasteiger partial charge in [-0.1, -0.05) is 18.2 Å². The van der Waals surface area contributed by atoms with Crippen molar-refractivity contribution in [1.82, 2.24) is 14.6 Å². The summed E-state index contributed by atoms with van der Waals surface area (Å²) < 4.78 is 48.5. The summed E-state index contributed by atoms with van der Waals surface area (Å²) in [6.07, 6.45) is 0.551. The van der Waals surface area contributed by atoms with Gasteiger partial charge in [-0.05, 0) is 25.1 Å². The van der Waals surface area contributed by atoms with E-state index in [4.69, 9.17) is 4.74 Å². The van der Waals surface area contributed by atoms with E-state index in [9.17, 15) is 13.2 Å². The molecule has 0 aliphatic carbocycles. The molecule has 0 amide bonds. The number of nitrogens with one attached hydrogen (secondary N) is 1. The molecule has 2 saturated heterocycles. The second kappa shape index (κ2) is 8.16. The fraction of sp³-hybridized carbons (Fsp3) is 0.360. The fourth-order valence-corrected chi connectivity index (χ4v) is 5.21. The average Bonchev–Trinajstić information content (AvgIpc) is 3.55. The van der Waals surface area contributed by atoms with Crippen molar-refractivity contribution in [2.24, 2.45) is 11.8 Å². The van der Waals surface area contributed by atoms with Crippen LogP contribution in [-0.4, -0.2) is 40.9 Å². The van der Waals surface area contributed by atoms with Crippen LogP contribution >= 0.6 is 0 Å². The SMILES string of the molecule is CC(Nc1nn2ccnc2c2ccc(N3CC4COCC4C3)cc12)c1cccc(C(F)F)c1F. The highest BCUT2D eigenvalue weighted by atomic mass is 19.3. The second-order valence-electron chi connectivity index (χ2n) is 9.15. The summed E-state index contributed by atoms with van der Waals surface area (Å²) in [4.78, 5) is 6.81. The fourth-order valence-electron chi connectivity index (χ4n) is 5.21. The Bertz CT molecular complexity index is 1360. The Morgan fingerprint density at radius 3 is 2.59 bits per heavy atom. The van der Waals surface area contributed by atoms with Gasteiger partial charge in [0.05, 0.1) is 24.8 Å². The molecule has 176 valence electrons. The van der Waals surface area contributed by atoms with Crippen molar-refractivity contribution in [3.8, 4) is 0 Å². The molecule has 6 nitrogen and oxygen atoms in total. The third-order valence-electron chi connectivity index (χ3n) is 7.05. The van der Waals surface area contributed by atoms with Crippen molar-refractivity contribution in [3.05, 3.63) is 65.7 Å². The Hall–Kier alpha value is -3.33. The van der Waals surface area contributed by atoms with Gasteiger partial charge in [-0.25, -0.2) is 22.7 Å². The van der Waals surface area contributed by atoms with E-state index >= 15 is 0 Å². The van der Waals surface area contributed by atoms with E-state index in [1.807, 2.05) is 6.07 Å². The molecule has 9 heteroatoms. The van der Waals surface area contributed by atoms with Crippen molar-refractivity contribution in [1.29, 1.82) is 0 Å². The van der Waals surface area contributed by atoms with Gasteiger partial charge in [-0.3, -0.25) is 0 Å². The summed E-state index contributed by atoms with van der Waals surface area (Å²) >= 11 is 0. The van der Waals surface area contributed by atoms with Crippen LogP contribution < -0.4 is 10.2 Å². The Labute approximate surface area is 194 Å². The molecule has 0 bridgehead atoms. The monoisotopic (exact) mass is 467 g/mol. The number of imidazole rings is 1. The van der Waals surface area contributed by atoms with E-state index in [1.54, 1.807) is 23.8 Å². The maximum atomic E-state index is 14.8. The molecule has 2 aliphatic rings. The lowest BCUT2D eigenvalue weighted by Gasteiger charge is -2.22. The van der Waals surface area contributed by atoms with Crippen LogP contribution in [0.1, 0.15) is 30.5 Å². The zero-order valence-electron chi connectivity index (χ0n) is 18.6. The lowest BCUT2D eigenvalue weighted by atomic mass is 10.0. The van der Waals surface area contributed by atoms with Crippen molar-refractivity contribution in [2.75, 3.05) is 36.5 Å². The van der Waals surface area contributed by atoms with Gasteiger partial charge in [0.15, 0.2) is 11.5 Å². The van der Waals surface area contributed by atoms with Gasteiger partial charge >= 0.3 is 0 Å². The van der Waals surface area contributed by atoms with Gasteiger partial charge in [-0.15, -0.1) is 5.10 Å². The number of hydrogen-bond acceptors (Lipinski definition) is 5. The number of ether oxygens (including phenoxy) is 1. The average molecular weight is 467 g/mol. The van der Waals surface area contributed by atoms with Crippen LogP contribution in [0.5, 0.6) is 0 Å². The number of aromatic nitrogens is 3. The van der Waals surface area contributed by atoms with E-state index in [-0.39, 0.29) is 5.56 Å². The minimum atomic E-state index is -2.87. The van der Waals surface area contributed by atoms with Crippen molar-refractivity contribution in [3.63, 3.8) is 0 Å². The number of benzene rings is 2. The number of halogens is 3. The first-order chi connectivity index (χ1) is 16.5. The normalized spacial score (nSPS) is 21.0. The minimum Gasteiger partial charge on any atom is -0.381 e. The molecule has 0 radical (unpaired) electrons. The summed E-state index contributed by atoms with van der Waals surface area (Å²) in [5.41, 5.74) is 1.38. The zero-order valence-corrected chi connectivity index (χ0v) is 18.6. The number of rotatable bonds is 5. The number of anilines is 2. The second-order valence-corrected chi connectivity index (χ2v) is 9.15. The Kier molecular flexibility index (Phi) is 5.09. The highest BCUT2D eigenvalue weighted by Gasteiger charge is 2.37. The van der Waals surface area contributed by atoms with Crippen molar-refractivity contribution >= 4 is 27.9 Å². The van der Waals surface area contributed by atoms with Crippen LogP contribution in [0.2, 0.25) is 0 Å². The smallest absolute Gasteiger partial charge is 0.266 e. The van der Waals surface area contributed by atoms with Crippen molar-refractivity contribution in [2.45, 2.75) is 19.4 Å². The van der Waals surface area contributed by atoms with Gasteiger partial charge in [0.1, 0.15) is 5.82 Å². The molecule has 3 unspecified atom stereocenters. The van der Waals surface area contributed by atoms with Crippen molar-refractivity contribution < 1.29 is 17.9 Å². The maximum Gasteiger partial charge on any atom is 0.266 e. The van der Waals surface area contributed by atoms with E-state index in [0.29, 0.717) is 17.7 Å². The molecule has 2 aliphatic heterocycles. The molecule has 4 aromatic rings. The molecule has 1 N–H and O–H groups in total. The molecule has 2 fully saturated rings. The van der Waals surface area contributed by atoms with E-state index in [0.717, 1.165) is 54.5 Å². The molecule has 6 rings (SSSR count). The Morgan fingerprint density at radius 2 is 1.82 bits per heavy atom. The van der Waals surface area contributed by atoms with Gasteiger partial charge in [-0.2, -0.15) is 0 Å². The summed E-state index contributed by atoms with van der Waals surface area (Å²) in [7, 11) is 0. The molecule has 0 saturated carbocycles. The lowest BCUT2D eigenvalue weighted by molar-refractivity contribution is 0.146. The summed E-state index contributed by atoms with van der Waals surface area (Å²) in [5.74, 6) is 0.744. The van der Waals surface area contributed by atoms with Crippen LogP contribution in [-0.2, 0) is 4.74 Å². The number of hydrogen-bond donors (Lipinski definition) is 1. The molecule has 34 heavy (non-hydrogen) atoms. The van der Waals surface area contributed by atoms with Crippen LogP contribution in [0.25, 0.3) is 16.4 Å². The predicted octanol–water partition coefficient (Wildman–Crippen LogP) is 5.21. The maximum absolute atomic E-state index is 14.8. The van der Waals surface area contributed by atoms with Gasteiger partial charge in [0, 0.05) is 59.3 Å². The Balaban J connectivity index is 1.40. The van der Waals surface area contributed by atoms with E-state index in [2.05, 4.69) is 32.4 Å². The topological polar surface area (TPSA) is 54.7 Å². The molecular weight excluding hydrogens is 443 g/mol. The highest BCUT2D eigenvalue weighted by molar-refractivity contribution is 6.01. The Morgan fingerprint density at radius 1 is 1.06 bits per heavy atom. The van der Waals surface area contributed by atoms with E-state index < -0.39 is 23.8 Å². The van der Waals surface area contributed by atoms with Crippen LogP contribution in [0, 0.1) is 17.7 Å². The summed E-state index contributed by atoms with van der Waals surface area (Å²) in [6, 6.07) is 9.72. The highest BCUT2D eigenvalue weighted by Crippen LogP contribution is 2.36. The van der Waals surface area contributed by atoms with Crippen LogP contribution in [0.15, 0.2) is 48.8 Å². The molecule has 4 heterocycles. The van der Waals surface area contributed by atoms with Gasteiger partial charge in [0.2, 0.25) is 0 Å². The number of alkyl halides is 2. The minimum absolute atomic E-state index is 0.169. The third kappa shape index (κ3) is 3.46. The first-order valence-corrected chi connectivity index (χ1v) is 11.4. The molecule has 2 aromatic carbocycles. The molecule has 2 aromatic heterocycles. The third-order valence-corrected chi connectivity index (χ3v) is 7.05. The first-order valence-electron chi connectivity index (χ1n) is 11.4. The lowest BCUT2D eigenvalue weighted by Crippen LogP contribution is -2.22. The van der Waals surface area contributed by atoms with Gasteiger partial charge < -0.3 is 15.0 Å². The molecular formula is C25H24F3N5O. The summed E-state index contributed by atoms with van der Waals surface area (Å²) in [6.45, 7) is 5.24. The first kappa shape index (κ1) is 21.2. The predicted molar refractivity (Wildman–Crippen MR) is 124 cm³/mol. The van der Waals surface area contributed by atoms with Crippen LogP contribution in [0.4, 0.5) is 24.7 Å². The van der Waals surface area contributed by atoms with Gasteiger partial charge in [0.25, 0.3) is 6.43 Å².